The summed E-state index contributed by atoms with van der Waals surface area (Å²) in [4.78, 5) is 15.4. The molecule has 0 radical (unpaired) electrons. The first-order valence-electron chi connectivity index (χ1n) is 24.7. The first kappa shape index (κ1) is 40.4. The van der Waals surface area contributed by atoms with Gasteiger partial charge in [0.2, 0.25) is 0 Å². The van der Waals surface area contributed by atoms with E-state index in [2.05, 4.69) is 235 Å². The molecule has 72 heavy (non-hydrogen) atoms. The van der Waals surface area contributed by atoms with E-state index >= 15 is 0 Å². The van der Waals surface area contributed by atoms with Crippen LogP contribution in [-0.4, -0.2) is 19.5 Å². The number of fused-ring (bicyclic) bond motifs is 13. The molecule has 1 unspecified atom stereocenters. The predicted octanol–water partition coefficient (Wildman–Crippen LogP) is 16.8. The van der Waals surface area contributed by atoms with Crippen molar-refractivity contribution in [1.29, 1.82) is 0 Å². The number of rotatable bonds is 6. The molecule has 15 rings (SSSR count). The van der Waals surface area contributed by atoms with Crippen molar-refractivity contribution in [2.75, 3.05) is 0 Å². The third kappa shape index (κ3) is 5.90. The normalized spacial score (nSPS) is 14.2. The van der Waals surface area contributed by atoms with E-state index in [9.17, 15) is 0 Å². The monoisotopic (exact) mass is 914 g/mol. The number of hydrogen-bond acceptors (Lipinski definition) is 3. The lowest BCUT2D eigenvalue weighted by Gasteiger charge is -2.39. The van der Waals surface area contributed by atoms with Gasteiger partial charge in [0.25, 0.3) is 0 Å². The van der Waals surface area contributed by atoms with Crippen LogP contribution in [0.3, 0.4) is 0 Å². The molecular formula is C68H42N4. The van der Waals surface area contributed by atoms with Crippen LogP contribution in [0.5, 0.6) is 0 Å². The zero-order valence-corrected chi connectivity index (χ0v) is 39.0. The topological polar surface area (TPSA) is 43.6 Å². The Kier molecular flexibility index (Phi) is 8.84. The van der Waals surface area contributed by atoms with E-state index < -0.39 is 5.41 Å². The summed E-state index contributed by atoms with van der Waals surface area (Å²) < 4.78 is 2.51. The Morgan fingerprint density at radius 3 is 1.65 bits per heavy atom. The Hall–Kier alpha value is -9.51. The largest absolute Gasteiger partial charge is 0.309 e. The lowest BCUT2D eigenvalue weighted by molar-refractivity contribution is 0.749. The number of nitrogens with zero attached hydrogens (tertiary/aromatic N) is 4. The molecule has 1 aliphatic heterocycles. The fourth-order valence-corrected chi connectivity index (χ4v) is 12.2. The molecule has 2 aliphatic rings. The number of hydrogen-bond donors (Lipinski definition) is 0. The summed E-state index contributed by atoms with van der Waals surface area (Å²) >= 11 is 0. The highest BCUT2D eigenvalue weighted by Gasteiger charge is 2.51. The quantitative estimate of drug-likeness (QED) is 0.167. The van der Waals surface area contributed by atoms with Crippen molar-refractivity contribution in [3.05, 3.63) is 277 Å². The summed E-state index contributed by atoms with van der Waals surface area (Å²) in [7, 11) is 0. The van der Waals surface area contributed by atoms with Crippen molar-refractivity contribution in [1.82, 2.24) is 19.5 Å². The van der Waals surface area contributed by atoms with E-state index in [1.807, 2.05) is 24.3 Å². The van der Waals surface area contributed by atoms with Crippen molar-refractivity contribution in [2.45, 2.75) is 5.41 Å². The van der Waals surface area contributed by atoms with E-state index in [4.69, 9.17) is 15.0 Å². The maximum absolute atomic E-state index is 5.18. The second kappa shape index (κ2) is 15.8. The van der Waals surface area contributed by atoms with Gasteiger partial charge in [0.05, 0.1) is 22.1 Å². The summed E-state index contributed by atoms with van der Waals surface area (Å²) in [5.74, 6) is 1.89. The van der Waals surface area contributed by atoms with Crippen LogP contribution in [-0.2, 0) is 5.41 Å². The molecule has 0 saturated heterocycles. The standard InChI is InChI=1S/C68H42N4/c1-3-17-43(18-4-1)48-22-15-23-50(41-48)67-70-65(46-20-5-2-6-21-46)69-66(71-67)47-35-33-45(34-36-47)63-51-24-8-7-19-44(51)37-39-52(63)49-38-40-54-53-25-9-11-28-57(53)68(60(54)42-49)58-29-12-14-32-62(58)72-61-31-13-10-26-55(61)56-27-16-30-59(68)64(56)72/h1-42H. The maximum Gasteiger partial charge on any atom is 0.164 e. The van der Waals surface area contributed by atoms with Crippen molar-refractivity contribution in [3.63, 3.8) is 0 Å². The Morgan fingerprint density at radius 1 is 0.292 bits per heavy atom. The van der Waals surface area contributed by atoms with E-state index in [0.717, 1.165) is 33.4 Å². The minimum Gasteiger partial charge on any atom is -0.309 e. The Labute approximate surface area is 416 Å². The summed E-state index contributed by atoms with van der Waals surface area (Å²) in [5, 5.41) is 4.94. The molecule has 2 aromatic heterocycles. The molecule has 0 saturated carbocycles. The lowest BCUT2D eigenvalue weighted by Crippen LogP contribution is -2.33. The molecule has 1 atom stereocenters. The molecule has 4 heteroatoms. The lowest BCUT2D eigenvalue weighted by atomic mass is 9.65. The molecule has 0 amide bonds. The van der Waals surface area contributed by atoms with Crippen LogP contribution in [0.4, 0.5) is 0 Å². The first-order chi connectivity index (χ1) is 35.7. The maximum atomic E-state index is 5.18. The Balaban J connectivity index is 0.905. The van der Waals surface area contributed by atoms with Gasteiger partial charge in [-0.1, -0.05) is 231 Å². The summed E-state index contributed by atoms with van der Waals surface area (Å²) in [6.45, 7) is 0. The van der Waals surface area contributed by atoms with Crippen molar-refractivity contribution in [3.8, 4) is 84.4 Å². The van der Waals surface area contributed by atoms with E-state index in [-0.39, 0.29) is 0 Å². The molecule has 334 valence electrons. The van der Waals surface area contributed by atoms with E-state index in [1.54, 1.807) is 0 Å². The van der Waals surface area contributed by atoms with E-state index in [1.165, 1.54) is 88.3 Å². The summed E-state index contributed by atoms with van der Waals surface area (Å²) in [6, 6.07) is 92.5. The fourth-order valence-electron chi connectivity index (χ4n) is 12.2. The Bertz CT molecular complexity index is 4320. The average molecular weight is 915 g/mol. The van der Waals surface area contributed by atoms with Gasteiger partial charge in [0.1, 0.15) is 0 Å². The first-order valence-corrected chi connectivity index (χ1v) is 24.7. The Morgan fingerprint density at radius 2 is 0.833 bits per heavy atom. The smallest absolute Gasteiger partial charge is 0.164 e. The van der Waals surface area contributed by atoms with Gasteiger partial charge < -0.3 is 4.57 Å². The zero-order valence-electron chi connectivity index (χ0n) is 39.0. The molecule has 13 aromatic rings. The average Bonchev–Trinajstić information content (AvgIpc) is 3.96. The summed E-state index contributed by atoms with van der Waals surface area (Å²) in [6.07, 6.45) is 0. The highest BCUT2D eigenvalue weighted by molar-refractivity contribution is 6.13. The van der Waals surface area contributed by atoms with Crippen LogP contribution in [0, 0.1) is 0 Å². The SMILES string of the molecule is c1ccc(-c2cccc(-c3nc(-c4ccccc4)nc(-c4ccc(-c5c(-c6ccc7c(c6)C6(c8ccccc8-7)c7ccccc7-n7c8ccccc8c8cccc6c87)ccc6ccccc56)cc4)n3)c2)cc1. The third-order valence-corrected chi connectivity index (χ3v) is 15.3. The van der Waals surface area contributed by atoms with Gasteiger partial charge in [-0.15, -0.1) is 0 Å². The highest BCUT2D eigenvalue weighted by atomic mass is 15.0. The second-order valence-electron chi connectivity index (χ2n) is 19.0. The van der Waals surface area contributed by atoms with Crippen LogP contribution in [0.15, 0.2) is 255 Å². The van der Waals surface area contributed by atoms with E-state index in [0.29, 0.717) is 17.5 Å². The molecule has 0 fully saturated rings. The van der Waals surface area contributed by atoms with Crippen LogP contribution < -0.4 is 0 Å². The minimum atomic E-state index is -0.550. The highest BCUT2D eigenvalue weighted by Crippen LogP contribution is 2.61. The van der Waals surface area contributed by atoms with Crippen LogP contribution in [0.2, 0.25) is 0 Å². The van der Waals surface area contributed by atoms with Gasteiger partial charge in [0.15, 0.2) is 17.5 Å². The zero-order chi connectivity index (χ0) is 47.3. The predicted molar refractivity (Wildman–Crippen MR) is 295 cm³/mol. The minimum absolute atomic E-state index is 0.550. The number of aromatic nitrogens is 4. The molecule has 0 N–H and O–H groups in total. The number of para-hydroxylation sites is 3. The molecule has 11 aromatic carbocycles. The van der Waals surface area contributed by atoms with Gasteiger partial charge >= 0.3 is 0 Å². The van der Waals surface area contributed by atoms with Gasteiger partial charge in [-0.3, -0.25) is 0 Å². The van der Waals surface area contributed by atoms with Gasteiger partial charge in [-0.05, 0) is 102 Å². The molecule has 0 bridgehead atoms. The molecule has 4 nitrogen and oxygen atoms in total. The third-order valence-electron chi connectivity index (χ3n) is 15.3. The van der Waals surface area contributed by atoms with Crippen molar-refractivity contribution in [2.24, 2.45) is 0 Å². The molecule has 1 aliphatic carbocycles. The van der Waals surface area contributed by atoms with Crippen molar-refractivity contribution < 1.29 is 0 Å². The van der Waals surface area contributed by atoms with Gasteiger partial charge in [-0.2, -0.15) is 0 Å². The van der Waals surface area contributed by atoms with Crippen LogP contribution in [0.1, 0.15) is 22.3 Å². The second-order valence-corrected chi connectivity index (χ2v) is 19.0. The summed E-state index contributed by atoms with van der Waals surface area (Å²) in [5.41, 5.74) is 20.7. The van der Waals surface area contributed by atoms with Gasteiger partial charge in [-0.25, -0.2) is 15.0 Å². The molecular weight excluding hydrogens is 873 g/mol. The molecule has 1 spiro atoms. The molecule has 3 heterocycles. The fraction of sp³-hybridized carbons (Fsp3) is 0.0147. The van der Waals surface area contributed by atoms with Crippen LogP contribution in [0.25, 0.3) is 117 Å². The van der Waals surface area contributed by atoms with Crippen LogP contribution >= 0.6 is 0 Å². The van der Waals surface area contributed by atoms with Crippen molar-refractivity contribution >= 4 is 32.6 Å². The van der Waals surface area contributed by atoms with Gasteiger partial charge in [0, 0.05) is 27.5 Å². The number of benzene rings is 11.